The molecule has 0 fully saturated rings. The molecule has 0 aromatic heterocycles. The van der Waals surface area contributed by atoms with Gasteiger partial charge in [0.05, 0.1) is 6.54 Å². The summed E-state index contributed by atoms with van der Waals surface area (Å²) in [6, 6.07) is 14.3. The molecule has 0 atom stereocenters. The second kappa shape index (κ2) is 7.12. The van der Waals surface area contributed by atoms with Gasteiger partial charge in [0, 0.05) is 19.3 Å². The van der Waals surface area contributed by atoms with Crippen molar-refractivity contribution < 1.29 is 4.79 Å². The molecular weight excluding hydrogens is 272 g/mol. The molecule has 2 aromatic carbocycles. The topological polar surface area (TPSA) is 32.3 Å². The van der Waals surface area contributed by atoms with Crippen molar-refractivity contribution in [2.75, 3.05) is 18.9 Å². The Morgan fingerprint density at radius 2 is 1.68 bits per heavy atom. The number of carbonyl (C=O) groups is 1. The summed E-state index contributed by atoms with van der Waals surface area (Å²) in [5.41, 5.74) is 5.84. The average molecular weight is 296 g/mol. The fourth-order valence-corrected chi connectivity index (χ4v) is 2.38. The van der Waals surface area contributed by atoms with E-state index in [-0.39, 0.29) is 5.91 Å². The van der Waals surface area contributed by atoms with E-state index in [0.717, 1.165) is 5.69 Å². The first-order valence-electron chi connectivity index (χ1n) is 7.57. The molecule has 0 bridgehead atoms. The quantitative estimate of drug-likeness (QED) is 0.913. The molecule has 0 aliphatic carbocycles. The molecule has 0 aliphatic rings. The summed E-state index contributed by atoms with van der Waals surface area (Å²) < 4.78 is 0. The fourth-order valence-electron chi connectivity index (χ4n) is 2.38. The molecule has 3 heteroatoms. The lowest BCUT2D eigenvalue weighted by atomic mass is 10.1. The van der Waals surface area contributed by atoms with Crippen molar-refractivity contribution in [2.24, 2.45) is 0 Å². The minimum absolute atomic E-state index is 0.0872. The van der Waals surface area contributed by atoms with E-state index in [2.05, 4.69) is 44.3 Å². The maximum Gasteiger partial charge on any atom is 0.241 e. The highest BCUT2D eigenvalue weighted by molar-refractivity contribution is 5.81. The van der Waals surface area contributed by atoms with Crippen LogP contribution in [-0.2, 0) is 11.3 Å². The molecule has 116 valence electrons. The van der Waals surface area contributed by atoms with Gasteiger partial charge in [-0.05, 0) is 49.1 Å². The normalized spacial score (nSPS) is 10.4. The van der Waals surface area contributed by atoms with Crippen molar-refractivity contribution in [3.05, 3.63) is 64.7 Å². The number of likely N-dealkylation sites (N-methyl/N-ethyl adjacent to an activating group) is 1. The van der Waals surface area contributed by atoms with Crippen LogP contribution in [-0.4, -0.2) is 24.4 Å². The van der Waals surface area contributed by atoms with E-state index >= 15 is 0 Å². The number of hydrogen-bond acceptors (Lipinski definition) is 2. The predicted molar refractivity (Wildman–Crippen MR) is 92.1 cm³/mol. The summed E-state index contributed by atoms with van der Waals surface area (Å²) in [5.74, 6) is 0.0872. The zero-order valence-electron chi connectivity index (χ0n) is 13.8. The molecule has 3 nitrogen and oxygen atoms in total. The van der Waals surface area contributed by atoms with Crippen LogP contribution in [0.2, 0.25) is 0 Å². The number of nitrogens with zero attached hydrogens (tertiary/aromatic N) is 1. The van der Waals surface area contributed by atoms with Crippen molar-refractivity contribution in [1.82, 2.24) is 4.90 Å². The van der Waals surface area contributed by atoms with Gasteiger partial charge in [0.2, 0.25) is 5.91 Å². The number of rotatable bonds is 5. The molecule has 0 saturated heterocycles. The van der Waals surface area contributed by atoms with Gasteiger partial charge in [-0.1, -0.05) is 36.4 Å². The summed E-state index contributed by atoms with van der Waals surface area (Å²) in [7, 11) is 1.85. The van der Waals surface area contributed by atoms with Gasteiger partial charge in [-0.3, -0.25) is 4.79 Å². The zero-order valence-corrected chi connectivity index (χ0v) is 13.8. The predicted octanol–water partition coefficient (Wildman–Crippen LogP) is 3.68. The molecule has 2 rings (SSSR count). The fraction of sp³-hybridized carbons (Fsp3) is 0.316. The first-order chi connectivity index (χ1) is 10.5. The monoisotopic (exact) mass is 296 g/mol. The van der Waals surface area contributed by atoms with Gasteiger partial charge in [0.1, 0.15) is 0 Å². The Morgan fingerprint density at radius 1 is 1.00 bits per heavy atom. The Hall–Kier alpha value is -2.29. The molecule has 2 aromatic rings. The number of amides is 1. The minimum atomic E-state index is 0.0872. The highest BCUT2D eigenvalue weighted by Crippen LogP contribution is 2.17. The van der Waals surface area contributed by atoms with Crippen LogP contribution in [0.5, 0.6) is 0 Å². The summed E-state index contributed by atoms with van der Waals surface area (Å²) >= 11 is 0. The molecular formula is C19H24N2O. The van der Waals surface area contributed by atoms with Crippen molar-refractivity contribution in [2.45, 2.75) is 27.3 Å². The van der Waals surface area contributed by atoms with Crippen LogP contribution in [0.3, 0.4) is 0 Å². The molecule has 22 heavy (non-hydrogen) atoms. The largest absolute Gasteiger partial charge is 0.376 e. The molecule has 0 spiro atoms. The summed E-state index contributed by atoms with van der Waals surface area (Å²) in [6.07, 6.45) is 0. The molecule has 0 aliphatic heterocycles. The van der Waals surface area contributed by atoms with Gasteiger partial charge < -0.3 is 10.2 Å². The number of carbonyl (C=O) groups excluding carboxylic acids is 1. The Balaban J connectivity index is 1.94. The number of anilines is 1. The van der Waals surface area contributed by atoms with E-state index in [1.165, 1.54) is 22.3 Å². The lowest BCUT2D eigenvalue weighted by Crippen LogP contribution is -2.32. The zero-order chi connectivity index (χ0) is 16.1. The standard InChI is InChI=1S/C19H24N2O/c1-14-9-7-11-18(16(14)3)20-12-19(22)21(4)13-17-10-6-5-8-15(17)2/h5-11,20H,12-13H2,1-4H3. The van der Waals surface area contributed by atoms with Gasteiger partial charge in [0.15, 0.2) is 0 Å². The molecule has 0 unspecified atom stereocenters. The second-order valence-corrected chi connectivity index (χ2v) is 5.78. The molecule has 0 radical (unpaired) electrons. The van der Waals surface area contributed by atoms with Crippen molar-refractivity contribution in [3.8, 4) is 0 Å². The third kappa shape index (κ3) is 3.88. The van der Waals surface area contributed by atoms with Gasteiger partial charge in [-0.15, -0.1) is 0 Å². The summed E-state index contributed by atoms with van der Waals surface area (Å²) in [5, 5.41) is 3.24. The van der Waals surface area contributed by atoms with Crippen molar-refractivity contribution in [1.29, 1.82) is 0 Å². The average Bonchev–Trinajstić information content (AvgIpc) is 2.50. The van der Waals surface area contributed by atoms with Crippen LogP contribution in [0.4, 0.5) is 5.69 Å². The maximum atomic E-state index is 12.3. The van der Waals surface area contributed by atoms with Crippen molar-refractivity contribution in [3.63, 3.8) is 0 Å². The minimum Gasteiger partial charge on any atom is -0.376 e. The van der Waals surface area contributed by atoms with E-state index in [0.29, 0.717) is 13.1 Å². The lowest BCUT2D eigenvalue weighted by Gasteiger charge is -2.19. The first kappa shape index (κ1) is 16.1. The smallest absolute Gasteiger partial charge is 0.241 e. The number of hydrogen-bond donors (Lipinski definition) is 1. The first-order valence-corrected chi connectivity index (χ1v) is 7.57. The lowest BCUT2D eigenvalue weighted by molar-refractivity contribution is -0.128. The van der Waals surface area contributed by atoms with E-state index in [9.17, 15) is 4.79 Å². The third-order valence-corrected chi connectivity index (χ3v) is 4.13. The van der Waals surface area contributed by atoms with Crippen LogP contribution in [0.1, 0.15) is 22.3 Å². The van der Waals surface area contributed by atoms with Crippen molar-refractivity contribution >= 4 is 11.6 Å². The van der Waals surface area contributed by atoms with E-state index in [4.69, 9.17) is 0 Å². The summed E-state index contributed by atoms with van der Waals surface area (Å²) in [6.45, 7) is 7.17. The molecule has 0 heterocycles. The van der Waals surface area contributed by atoms with Gasteiger partial charge in [-0.2, -0.15) is 0 Å². The Labute approximate surface area is 133 Å². The third-order valence-electron chi connectivity index (χ3n) is 4.13. The molecule has 0 saturated carbocycles. The van der Waals surface area contributed by atoms with Crippen LogP contribution in [0.15, 0.2) is 42.5 Å². The SMILES string of the molecule is Cc1ccccc1CN(C)C(=O)CNc1cccc(C)c1C. The Kier molecular flexibility index (Phi) is 5.21. The highest BCUT2D eigenvalue weighted by Gasteiger charge is 2.11. The van der Waals surface area contributed by atoms with Crippen LogP contribution in [0.25, 0.3) is 0 Å². The highest BCUT2D eigenvalue weighted by atomic mass is 16.2. The van der Waals surface area contributed by atoms with Gasteiger partial charge >= 0.3 is 0 Å². The Bertz CT molecular complexity index is 664. The van der Waals surface area contributed by atoms with Gasteiger partial charge in [0.25, 0.3) is 0 Å². The molecule has 1 amide bonds. The number of aryl methyl sites for hydroxylation is 2. The maximum absolute atomic E-state index is 12.3. The second-order valence-electron chi connectivity index (χ2n) is 5.78. The van der Waals surface area contributed by atoms with Crippen LogP contribution in [0, 0.1) is 20.8 Å². The van der Waals surface area contributed by atoms with E-state index in [1.807, 2.05) is 31.3 Å². The van der Waals surface area contributed by atoms with E-state index in [1.54, 1.807) is 4.90 Å². The Morgan fingerprint density at radius 3 is 2.41 bits per heavy atom. The van der Waals surface area contributed by atoms with Crippen LogP contribution < -0.4 is 5.32 Å². The summed E-state index contributed by atoms with van der Waals surface area (Å²) in [4.78, 5) is 14.1. The van der Waals surface area contributed by atoms with Crippen LogP contribution >= 0.6 is 0 Å². The van der Waals surface area contributed by atoms with Gasteiger partial charge in [-0.25, -0.2) is 0 Å². The van der Waals surface area contributed by atoms with E-state index < -0.39 is 0 Å². The molecule has 1 N–H and O–H groups in total. The number of benzene rings is 2. The number of nitrogens with one attached hydrogen (secondary N) is 1.